The second-order valence-electron chi connectivity index (χ2n) is 3.95. The molecule has 0 atom stereocenters. The van der Waals surface area contributed by atoms with E-state index in [0.717, 1.165) is 18.7 Å². The third kappa shape index (κ3) is 3.60. The molecule has 0 radical (unpaired) electrons. The Balaban J connectivity index is 2.81. The molecule has 6 heteroatoms. The van der Waals surface area contributed by atoms with E-state index in [9.17, 15) is 9.18 Å². The molecule has 0 bridgehead atoms. The Morgan fingerprint density at radius 3 is 2.71 bits per heavy atom. The van der Waals surface area contributed by atoms with Crippen LogP contribution in [0, 0.1) is 5.82 Å². The summed E-state index contributed by atoms with van der Waals surface area (Å²) in [5.41, 5.74) is 5.86. The number of nitrogens with one attached hydrogen (secondary N) is 1. The number of nitrogens with zero attached hydrogens (tertiary/aromatic N) is 1. The van der Waals surface area contributed by atoms with Gasteiger partial charge in [-0.15, -0.1) is 0 Å². The Morgan fingerprint density at radius 1 is 1.53 bits per heavy atom. The van der Waals surface area contributed by atoms with E-state index in [1.807, 2.05) is 19.0 Å². The van der Waals surface area contributed by atoms with Crippen LogP contribution in [0.4, 0.5) is 15.8 Å². The third-order valence-electron chi connectivity index (χ3n) is 2.24. The lowest BCUT2D eigenvalue weighted by Crippen LogP contribution is -2.21. The number of aromatic carboxylic acids is 1. The van der Waals surface area contributed by atoms with E-state index in [1.165, 1.54) is 0 Å². The van der Waals surface area contributed by atoms with Crippen molar-refractivity contribution in [2.45, 2.75) is 0 Å². The van der Waals surface area contributed by atoms with Crippen molar-refractivity contribution < 1.29 is 14.3 Å². The lowest BCUT2D eigenvalue weighted by molar-refractivity contribution is 0.0692. The number of rotatable bonds is 5. The fourth-order valence-electron chi connectivity index (χ4n) is 1.32. The number of nitrogens with two attached hydrogens (primary N) is 1. The van der Waals surface area contributed by atoms with Crippen LogP contribution in [0.1, 0.15) is 10.4 Å². The zero-order chi connectivity index (χ0) is 13.0. The molecule has 94 valence electrons. The zero-order valence-electron chi connectivity index (χ0n) is 9.83. The zero-order valence-corrected chi connectivity index (χ0v) is 9.83. The molecular weight excluding hydrogens is 225 g/mol. The first-order chi connectivity index (χ1) is 7.91. The lowest BCUT2D eigenvalue weighted by atomic mass is 10.1. The van der Waals surface area contributed by atoms with Crippen LogP contribution in [0.15, 0.2) is 12.1 Å². The molecule has 0 spiro atoms. The van der Waals surface area contributed by atoms with Gasteiger partial charge in [0, 0.05) is 13.1 Å². The standard InChI is InChI=1S/C11H16FN3O2/c1-15(2)4-3-14-10-6-8(12)7(11(16)17)5-9(10)13/h5-6,14H,3-4,13H2,1-2H3,(H,16,17). The van der Waals surface area contributed by atoms with Crippen molar-refractivity contribution in [1.29, 1.82) is 0 Å². The predicted molar refractivity (Wildman–Crippen MR) is 64.8 cm³/mol. The van der Waals surface area contributed by atoms with Gasteiger partial charge >= 0.3 is 5.97 Å². The summed E-state index contributed by atoms with van der Waals surface area (Å²) in [5.74, 6) is -2.12. The quantitative estimate of drug-likeness (QED) is 0.672. The van der Waals surface area contributed by atoms with Gasteiger partial charge in [0.25, 0.3) is 0 Å². The Labute approximate surface area is 99.0 Å². The van der Waals surface area contributed by atoms with Gasteiger partial charge in [0.1, 0.15) is 5.82 Å². The average Bonchev–Trinajstić information content (AvgIpc) is 2.21. The highest BCUT2D eigenvalue weighted by molar-refractivity contribution is 5.90. The normalized spacial score (nSPS) is 10.6. The van der Waals surface area contributed by atoms with Crippen LogP contribution in [-0.2, 0) is 0 Å². The molecule has 5 nitrogen and oxygen atoms in total. The van der Waals surface area contributed by atoms with Crippen molar-refractivity contribution in [3.63, 3.8) is 0 Å². The number of anilines is 2. The number of carboxylic acid groups (broad SMARTS) is 1. The summed E-state index contributed by atoms with van der Waals surface area (Å²) in [6.45, 7) is 1.37. The van der Waals surface area contributed by atoms with E-state index < -0.39 is 17.3 Å². The number of carbonyl (C=O) groups is 1. The maximum Gasteiger partial charge on any atom is 0.338 e. The second-order valence-corrected chi connectivity index (χ2v) is 3.95. The molecule has 1 aromatic rings. The summed E-state index contributed by atoms with van der Waals surface area (Å²) in [6, 6.07) is 2.23. The van der Waals surface area contributed by atoms with Gasteiger partial charge in [-0.3, -0.25) is 0 Å². The number of benzene rings is 1. The van der Waals surface area contributed by atoms with Crippen LogP contribution in [0.3, 0.4) is 0 Å². The van der Waals surface area contributed by atoms with Crippen molar-refractivity contribution in [2.75, 3.05) is 38.2 Å². The highest BCUT2D eigenvalue weighted by Gasteiger charge is 2.13. The lowest BCUT2D eigenvalue weighted by Gasteiger charge is -2.13. The van der Waals surface area contributed by atoms with Crippen molar-refractivity contribution in [2.24, 2.45) is 0 Å². The maximum absolute atomic E-state index is 13.4. The molecule has 4 N–H and O–H groups in total. The molecule has 0 fully saturated rings. The SMILES string of the molecule is CN(C)CCNc1cc(F)c(C(=O)O)cc1N. The predicted octanol–water partition coefficient (Wildman–Crippen LogP) is 1.08. The largest absolute Gasteiger partial charge is 0.478 e. The first-order valence-corrected chi connectivity index (χ1v) is 5.12. The summed E-state index contributed by atoms with van der Waals surface area (Å²) < 4.78 is 13.4. The van der Waals surface area contributed by atoms with Crippen LogP contribution in [-0.4, -0.2) is 43.2 Å². The molecule has 0 heterocycles. The Hall–Kier alpha value is -1.82. The summed E-state index contributed by atoms with van der Waals surface area (Å²) >= 11 is 0. The van der Waals surface area contributed by atoms with Crippen LogP contribution in [0.25, 0.3) is 0 Å². The monoisotopic (exact) mass is 241 g/mol. The minimum absolute atomic E-state index is 0.225. The highest BCUT2D eigenvalue weighted by atomic mass is 19.1. The molecule has 0 aliphatic carbocycles. The van der Waals surface area contributed by atoms with Gasteiger partial charge in [0.2, 0.25) is 0 Å². The van der Waals surface area contributed by atoms with Crippen LogP contribution < -0.4 is 11.1 Å². The Bertz CT molecular complexity index is 421. The van der Waals surface area contributed by atoms with E-state index in [4.69, 9.17) is 10.8 Å². The Kier molecular flexibility index (Phi) is 4.28. The molecule has 0 saturated carbocycles. The molecular formula is C11H16FN3O2. The van der Waals surface area contributed by atoms with Crippen molar-refractivity contribution in [1.82, 2.24) is 4.90 Å². The van der Waals surface area contributed by atoms with Gasteiger partial charge in [0.05, 0.1) is 16.9 Å². The third-order valence-corrected chi connectivity index (χ3v) is 2.24. The van der Waals surface area contributed by atoms with Crippen molar-refractivity contribution in [3.8, 4) is 0 Å². The van der Waals surface area contributed by atoms with E-state index in [-0.39, 0.29) is 5.69 Å². The molecule has 0 aliphatic heterocycles. The number of carboxylic acids is 1. The molecule has 0 saturated heterocycles. The van der Waals surface area contributed by atoms with Gasteiger partial charge in [-0.2, -0.15) is 0 Å². The van der Waals surface area contributed by atoms with E-state index in [1.54, 1.807) is 0 Å². The van der Waals surface area contributed by atoms with Gasteiger partial charge in [-0.05, 0) is 26.2 Å². The number of halogens is 1. The fraction of sp³-hybridized carbons (Fsp3) is 0.364. The van der Waals surface area contributed by atoms with Crippen LogP contribution in [0.2, 0.25) is 0 Å². The highest BCUT2D eigenvalue weighted by Crippen LogP contribution is 2.22. The molecule has 1 rings (SSSR count). The van der Waals surface area contributed by atoms with Crippen molar-refractivity contribution >= 4 is 17.3 Å². The minimum atomic E-state index is -1.32. The van der Waals surface area contributed by atoms with Gasteiger partial charge in [-0.25, -0.2) is 9.18 Å². The number of hydrogen-bond donors (Lipinski definition) is 3. The molecule has 1 aromatic carbocycles. The van der Waals surface area contributed by atoms with E-state index in [0.29, 0.717) is 12.2 Å². The molecule has 0 aliphatic rings. The minimum Gasteiger partial charge on any atom is -0.478 e. The summed E-state index contributed by atoms with van der Waals surface area (Å²) in [6.07, 6.45) is 0. The average molecular weight is 241 g/mol. The smallest absolute Gasteiger partial charge is 0.338 e. The topological polar surface area (TPSA) is 78.6 Å². The summed E-state index contributed by atoms with van der Waals surface area (Å²) in [5, 5.41) is 11.7. The molecule has 17 heavy (non-hydrogen) atoms. The van der Waals surface area contributed by atoms with E-state index in [2.05, 4.69) is 5.32 Å². The molecule has 0 unspecified atom stereocenters. The van der Waals surface area contributed by atoms with Crippen LogP contribution in [0.5, 0.6) is 0 Å². The van der Waals surface area contributed by atoms with E-state index >= 15 is 0 Å². The maximum atomic E-state index is 13.4. The van der Waals surface area contributed by atoms with Gasteiger partial charge in [-0.1, -0.05) is 0 Å². The molecule has 0 aromatic heterocycles. The molecule has 0 amide bonds. The first-order valence-electron chi connectivity index (χ1n) is 5.12. The second kappa shape index (κ2) is 5.49. The van der Waals surface area contributed by atoms with Crippen LogP contribution >= 0.6 is 0 Å². The Morgan fingerprint density at radius 2 is 2.18 bits per heavy atom. The first kappa shape index (κ1) is 13.2. The van der Waals surface area contributed by atoms with Crippen molar-refractivity contribution in [3.05, 3.63) is 23.5 Å². The fourth-order valence-corrected chi connectivity index (χ4v) is 1.32. The number of likely N-dealkylation sites (N-methyl/N-ethyl adjacent to an activating group) is 1. The number of nitrogen functional groups attached to an aromatic ring is 1. The number of hydrogen-bond acceptors (Lipinski definition) is 4. The van der Waals surface area contributed by atoms with Gasteiger partial charge in [0.15, 0.2) is 0 Å². The summed E-state index contributed by atoms with van der Waals surface area (Å²) in [7, 11) is 3.83. The summed E-state index contributed by atoms with van der Waals surface area (Å²) in [4.78, 5) is 12.6. The van der Waals surface area contributed by atoms with Gasteiger partial charge < -0.3 is 21.1 Å².